The van der Waals surface area contributed by atoms with E-state index in [-0.39, 0.29) is 34.6 Å². The Bertz CT molecular complexity index is 841. The number of allylic oxidation sites excluding steroid dienone is 2. The van der Waals surface area contributed by atoms with Crippen LogP contribution >= 0.6 is 11.3 Å². The molecule has 7 heteroatoms. The molecule has 32 heavy (non-hydrogen) atoms. The monoisotopic (exact) mass is 462 g/mol. The van der Waals surface area contributed by atoms with Crippen molar-refractivity contribution < 1.29 is 19.5 Å². The van der Waals surface area contributed by atoms with Gasteiger partial charge in [0.2, 0.25) is 11.8 Å². The molecule has 2 N–H and O–H groups in total. The highest BCUT2D eigenvalue weighted by Crippen LogP contribution is 2.38. The molecule has 0 aliphatic heterocycles. The van der Waals surface area contributed by atoms with Crippen LogP contribution < -0.4 is 10.2 Å². The molecule has 1 heterocycles. The van der Waals surface area contributed by atoms with Gasteiger partial charge in [-0.15, -0.1) is 11.3 Å². The van der Waals surface area contributed by atoms with E-state index >= 15 is 0 Å². The molecule has 0 aromatic carbocycles. The van der Waals surface area contributed by atoms with Gasteiger partial charge in [0.15, 0.2) is 0 Å². The Kier molecular flexibility index (Phi) is 9.94. The van der Waals surface area contributed by atoms with Crippen molar-refractivity contribution in [1.82, 2.24) is 5.32 Å². The van der Waals surface area contributed by atoms with Crippen molar-refractivity contribution >= 4 is 40.4 Å². The highest BCUT2D eigenvalue weighted by Gasteiger charge is 2.26. The van der Waals surface area contributed by atoms with Crippen molar-refractivity contribution in [3.63, 3.8) is 0 Å². The van der Waals surface area contributed by atoms with Crippen LogP contribution in [0.25, 0.3) is 5.57 Å². The summed E-state index contributed by atoms with van der Waals surface area (Å²) in [4.78, 5) is 39.9. The number of nitrogens with zero attached hydrogens (tertiary/aromatic N) is 1. The summed E-state index contributed by atoms with van der Waals surface area (Å²) in [7, 11) is 0. The first-order valence-corrected chi connectivity index (χ1v) is 12.6. The quantitative estimate of drug-likeness (QED) is 0.440. The third-order valence-corrected chi connectivity index (χ3v) is 6.81. The number of carbonyl (C=O) groups is 3. The number of carboxylic acids is 1. The number of aromatic carboxylic acids is 1. The third kappa shape index (κ3) is 7.47. The van der Waals surface area contributed by atoms with Gasteiger partial charge in [0, 0.05) is 29.8 Å². The number of amides is 2. The van der Waals surface area contributed by atoms with Gasteiger partial charge >= 0.3 is 5.97 Å². The van der Waals surface area contributed by atoms with Gasteiger partial charge < -0.3 is 15.3 Å². The second kappa shape index (κ2) is 12.2. The number of anilines is 1. The molecule has 1 aromatic rings. The predicted octanol–water partition coefficient (Wildman–Crippen LogP) is 5.72. The number of hydrogen-bond donors (Lipinski definition) is 2. The van der Waals surface area contributed by atoms with Crippen LogP contribution in [-0.4, -0.2) is 35.5 Å². The van der Waals surface area contributed by atoms with Crippen LogP contribution in [0.3, 0.4) is 0 Å². The van der Waals surface area contributed by atoms with E-state index < -0.39 is 5.97 Å². The Hall–Kier alpha value is -2.15. The van der Waals surface area contributed by atoms with Crippen LogP contribution in [-0.2, 0) is 9.59 Å². The van der Waals surface area contributed by atoms with Gasteiger partial charge in [-0.3, -0.25) is 9.59 Å². The number of nitrogens with one attached hydrogen (secondary N) is 1. The fraction of sp³-hybridized carbons (Fsp3) is 0.640. The topological polar surface area (TPSA) is 86.7 Å². The van der Waals surface area contributed by atoms with Crippen LogP contribution in [0.1, 0.15) is 94.1 Å². The molecule has 0 bridgehead atoms. The van der Waals surface area contributed by atoms with Crippen LogP contribution in [0.15, 0.2) is 12.1 Å². The maximum absolute atomic E-state index is 13.1. The lowest BCUT2D eigenvalue weighted by molar-refractivity contribution is -0.124. The first kappa shape index (κ1) is 26.1. The van der Waals surface area contributed by atoms with Crippen molar-refractivity contribution in [2.75, 3.05) is 11.4 Å². The number of thiophene rings is 1. The first-order valence-electron chi connectivity index (χ1n) is 11.8. The minimum atomic E-state index is -0.993. The zero-order chi connectivity index (χ0) is 23.8. The highest BCUT2D eigenvalue weighted by molar-refractivity contribution is 7.15. The van der Waals surface area contributed by atoms with E-state index in [2.05, 4.69) is 11.4 Å². The lowest BCUT2D eigenvalue weighted by atomic mass is 9.98. The third-order valence-electron chi connectivity index (χ3n) is 5.62. The fourth-order valence-corrected chi connectivity index (χ4v) is 4.90. The maximum atomic E-state index is 13.1. The predicted molar refractivity (Wildman–Crippen MR) is 131 cm³/mol. The van der Waals surface area contributed by atoms with Crippen molar-refractivity contribution in [2.45, 2.75) is 85.6 Å². The molecule has 2 amide bonds. The second-order valence-electron chi connectivity index (χ2n) is 9.46. The van der Waals surface area contributed by atoms with Crippen molar-refractivity contribution in [3.8, 4) is 0 Å². The fourth-order valence-electron chi connectivity index (χ4n) is 3.83. The van der Waals surface area contributed by atoms with Gasteiger partial charge in [-0.05, 0) is 63.0 Å². The Morgan fingerprint density at radius 1 is 1.16 bits per heavy atom. The summed E-state index contributed by atoms with van der Waals surface area (Å²) in [6.07, 6.45) is 8.20. The lowest BCUT2D eigenvalue weighted by Crippen LogP contribution is -2.37. The second-order valence-corrected chi connectivity index (χ2v) is 10.5. The smallest absolute Gasteiger partial charge is 0.348 e. The minimum Gasteiger partial charge on any atom is -0.477 e. The zero-order valence-electron chi connectivity index (χ0n) is 20.1. The number of hydrogen-bond acceptors (Lipinski definition) is 4. The standard InChI is InChI=1S/C25H38N2O4S/c1-16(2)14-22(28)27(13-9-10-18(5)26-24(29)17(3)4)20-15-21(32-23(20)25(30)31)19-11-7-6-8-12-19/h11,15-18H,6-10,12-14H2,1-5H3,(H,26,29)(H,30,31). The summed E-state index contributed by atoms with van der Waals surface area (Å²) in [5.74, 6) is -0.919. The van der Waals surface area contributed by atoms with Gasteiger partial charge in [0.1, 0.15) is 4.88 Å². The molecule has 6 nitrogen and oxygen atoms in total. The summed E-state index contributed by atoms with van der Waals surface area (Å²) < 4.78 is 0. The van der Waals surface area contributed by atoms with Gasteiger partial charge in [-0.1, -0.05) is 33.8 Å². The molecular weight excluding hydrogens is 424 g/mol. The van der Waals surface area contributed by atoms with E-state index in [1.807, 2.05) is 40.7 Å². The van der Waals surface area contributed by atoms with Crippen LogP contribution in [0, 0.1) is 11.8 Å². The molecule has 2 rings (SSSR count). The Morgan fingerprint density at radius 2 is 1.88 bits per heavy atom. The number of carbonyl (C=O) groups excluding carboxylic acids is 2. The molecule has 178 valence electrons. The summed E-state index contributed by atoms with van der Waals surface area (Å²) in [5, 5.41) is 12.8. The molecule has 1 unspecified atom stereocenters. The molecule has 0 radical (unpaired) electrons. The van der Waals surface area contributed by atoms with Crippen LogP contribution in [0.2, 0.25) is 0 Å². The summed E-state index contributed by atoms with van der Waals surface area (Å²) in [6.45, 7) is 10.1. The lowest BCUT2D eigenvalue weighted by Gasteiger charge is -2.24. The van der Waals surface area contributed by atoms with Crippen LogP contribution in [0.4, 0.5) is 5.69 Å². The highest BCUT2D eigenvalue weighted by atomic mass is 32.1. The number of rotatable bonds is 11. The maximum Gasteiger partial charge on any atom is 0.348 e. The van der Waals surface area contributed by atoms with Crippen LogP contribution in [0.5, 0.6) is 0 Å². The van der Waals surface area contributed by atoms with Gasteiger partial charge in [-0.25, -0.2) is 4.79 Å². The Labute approximate surface area is 196 Å². The van der Waals surface area contributed by atoms with E-state index in [0.717, 1.165) is 30.6 Å². The molecule has 1 aromatic heterocycles. The Balaban J connectivity index is 2.23. The van der Waals surface area contributed by atoms with E-state index in [4.69, 9.17) is 0 Å². The molecule has 0 saturated heterocycles. The molecule has 0 fully saturated rings. The first-order chi connectivity index (χ1) is 15.1. The zero-order valence-corrected chi connectivity index (χ0v) is 20.9. The Morgan fingerprint density at radius 3 is 2.44 bits per heavy atom. The minimum absolute atomic E-state index is 0.00340. The van der Waals surface area contributed by atoms with E-state index in [0.29, 0.717) is 31.5 Å². The van der Waals surface area contributed by atoms with Gasteiger partial charge in [-0.2, -0.15) is 0 Å². The van der Waals surface area contributed by atoms with Gasteiger partial charge in [0.25, 0.3) is 0 Å². The summed E-state index contributed by atoms with van der Waals surface area (Å²) >= 11 is 1.27. The van der Waals surface area contributed by atoms with E-state index in [1.165, 1.54) is 16.9 Å². The number of carboxylic acid groups (broad SMARTS) is 1. The van der Waals surface area contributed by atoms with E-state index in [9.17, 15) is 19.5 Å². The SMILES string of the molecule is CC(C)CC(=O)N(CCCC(C)NC(=O)C(C)C)c1cc(C2=CCCCC2)sc1C(=O)O. The van der Waals surface area contributed by atoms with E-state index in [1.54, 1.807) is 4.90 Å². The molecule has 1 atom stereocenters. The summed E-state index contributed by atoms with van der Waals surface area (Å²) in [5.41, 5.74) is 1.70. The largest absolute Gasteiger partial charge is 0.477 e. The average Bonchev–Trinajstić information content (AvgIpc) is 3.16. The molecule has 0 saturated carbocycles. The molecule has 1 aliphatic rings. The average molecular weight is 463 g/mol. The summed E-state index contributed by atoms with van der Waals surface area (Å²) in [6, 6.07) is 1.89. The normalized spacial score (nSPS) is 14.9. The van der Waals surface area contributed by atoms with Crippen molar-refractivity contribution in [1.29, 1.82) is 0 Å². The molecular formula is C25H38N2O4S. The van der Waals surface area contributed by atoms with Crippen molar-refractivity contribution in [2.24, 2.45) is 11.8 Å². The van der Waals surface area contributed by atoms with Crippen molar-refractivity contribution in [3.05, 3.63) is 21.9 Å². The molecule has 0 spiro atoms. The van der Waals surface area contributed by atoms with Gasteiger partial charge in [0.05, 0.1) is 5.69 Å². The molecule has 1 aliphatic carbocycles.